The molecule has 1 saturated heterocycles. The Morgan fingerprint density at radius 2 is 1.81 bits per heavy atom. The van der Waals surface area contributed by atoms with Crippen LogP contribution < -0.4 is 5.56 Å². The van der Waals surface area contributed by atoms with Gasteiger partial charge < -0.3 is 4.90 Å². The molecule has 5 nitrogen and oxygen atoms in total. The standard InChI is InChI=1S/C21H23N3O2S/c1-14-7-5-8-15(2)24(14)19(25)13-23-21(26)17-10-4-3-9-16(17)20(22-23)18-11-6-12-27-18/h3-4,6,9-12,14-15H,5,7-8,13H2,1-2H3/t14-,15+. The number of carbonyl (C=O) groups excluding carboxylic acids is 1. The molecular weight excluding hydrogens is 358 g/mol. The van der Waals surface area contributed by atoms with Gasteiger partial charge in [0.15, 0.2) is 0 Å². The average molecular weight is 382 g/mol. The van der Waals surface area contributed by atoms with Crippen molar-refractivity contribution in [2.45, 2.75) is 51.7 Å². The fourth-order valence-corrected chi connectivity index (χ4v) is 4.78. The second-order valence-electron chi connectivity index (χ2n) is 7.26. The number of nitrogens with zero attached hydrogens (tertiary/aromatic N) is 3. The first-order valence-corrected chi connectivity index (χ1v) is 10.3. The van der Waals surface area contributed by atoms with Crippen molar-refractivity contribution < 1.29 is 4.79 Å². The molecule has 1 aromatic carbocycles. The summed E-state index contributed by atoms with van der Waals surface area (Å²) in [5, 5.41) is 8.01. The molecule has 140 valence electrons. The van der Waals surface area contributed by atoms with Crippen LogP contribution >= 0.6 is 11.3 Å². The summed E-state index contributed by atoms with van der Waals surface area (Å²) in [6.45, 7) is 4.15. The fraction of sp³-hybridized carbons (Fsp3) is 0.381. The molecule has 0 bridgehead atoms. The minimum absolute atomic E-state index is 0.0171. The molecule has 1 aliphatic rings. The van der Waals surface area contributed by atoms with E-state index in [4.69, 9.17) is 0 Å². The van der Waals surface area contributed by atoms with E-state index in [1.807, 2.05) is 46.7 Å². The number of rotatable bonds is 3. The van der Waals surface area contributed by atoms with E-state index in [0.29, 0.717) is 5.39 Å². The lowest BCUT2D eigenvalue weighted by Gasteiger charge is -2.39. The van der Waals surface area contributed by atoms with Crippen LogP contribution in [0.5, 0.6) is 0 Å². The molecule has 0 saturated carbocycles. The molecule has 1 amide bonds. The summed E-state index contributed by atoms with van der Waals surface area (Å²) in [6, 6.07) is 11.8. The Bertz CT molecular complexity index is 1020. The lowest BCUT2D eigenvalue weighted by Crippen LogP contribution is -2.49. The minimum atomic E-state index is -0.212. The third-order valence-electron chi connectivity index (χ3n) is 5.39. The quantitative estimate of drug-likeness (QED) is 0.691. The molecule has 0 spiro atoms. The number of amides is 1. The van der Waals surface area contributed by atoms with E-state index in [-0.39, 0.29) is 30.1 Å². The Morgan fingerprint density at radius 3 is 2.48 bits per heavy atom. The third kappa shape index (κ3) is 3.30. The molecule has 0 aliphatic carbocycles. The van der Waals surface area contributed by atoms with Gasteiger partial charge in [0.25, 0.3) is 5.56 Å². The van der Waals surface area contributed by atoms with Gasteiger partial charge >= 0.3 is 0 Å². The van der Waals surface area contributed by atoms with E-state index in [2.05, 4.69) is 18.9 Å². The summed E-state index contributed by atoms with van der Waals surface area (Å²) in [4.78, 5) is 28.9. The van der Waals surface area contributed by atoms with E-state index < -0.39 is 0 Å². The fourth-order valence-electron chi connectivity index (χ4n) is 4.06. The summed E-state index contributed by atoms with van der Waals surface area (Å²) >= 11 is 1.58. The van der Waals surface area contributed by atoms with E-state index in [1.165, 1.54) is 4.68 Å². The Labute approximate surface area is 162 Å². The van der Waals surface area contributed by atoms with Crippen LogP contribution in [0, 0.1) is 0 Å². The zero-order valence-electron chi connectivity index (χ0n) is 15.6. The summed E-state index contributed by atoms with van der Waals surface area (Å²) in [6.07, 6.45) is 3.16. The highest BCUT2D eigenvalue weighted by Gasteiger charge is 2.29. The van der Waals surface area contributed by atoms with Gasteiger partial charge in [0.05, 0.1) is 10.3 Å². The highest BCUT2D eigenvalue weighted by molar-refractivity contribution is 7.13. The number of piperidine rings is 1. The van der Waals surface area contributed by atoms with Crippen LogP contribution in [0.25, 0.3) is 21.3 Å². The Kier molecular flexibility index (Phi) is 4.83. The molecule has 3 heterocycles. The Morgan fingerprint density at radius 1 is 1.11 bits per heavy atom. The zero-order chi connectivity index (χ0) is 19.0. The summed E-state index contributed by atoms with van der Waals surface area (Å²) in [5.74, 6) is -0.0308. The van der Waals surface area contributed by atoms with Gasteiger partial charge in [-0.15, -0.1) is 11.3 Å². The van der Waals surface area contributed by atoms with Crippen molar-refractivity contribution >= 4 is 28.0 Å². The topological polar surface area (TPSA) is 55.2 Å². The van der Waals surface area contributed by atoms with Crippen molar-refractivity contribution in [1.82, 2.24) is 14.7 Å². The van der Waals surface area contributed by atoms with Crippen LogP contribution in [-0.2, 0) is 11.3 Å². The highest BCUT2D eigenvalue weighted by Crippen LogP contribution is 2.28. The Hall–Kier alpha value is -2.47. The van der Waals surface area contributed by atoms with Crippen LogP contribution in [-0.4, -0.2) is 32.7 Å². The molecule has 1 fully saturated rings. The van der Waals surface area contributed by atoms with Crippen LogP contribution in [0.4, 0.5) is 0 Å². The monoisotopic (exact) mass is 381 g/mol. The average Bonchev–Trinajstić information content (AvgIpc) is 3.18. The van der Waals surface area contributed by atoms with Crippen molar-refractivity contribution in [2.24, 2.45) is 0 Å². The number of likely N-dealkylation sites (tertiary alicyclic amines) is 1. The molecule has 4 rings (SSSR count). The van der Waals surface area contributed by atoms with Crippen LogP contribution in [0.1, 0.15) is 33.1 Å². The van der Waals surface area contributed by atoms with Crippen LogP contribution in [0.2, 0.25) is 0 Å². The Balaban J connectivity index is 1.77. The van der Waals surface area contributed by atoms with Gasteiger partial charge in [-0.2, -0.15) is 5.10 Å². The molecule has 1 aliphatic heterocycles. The maximum absolute atomic E-state index is 13.0. The number of hydrogen-bond acceptors (Lipinski definition) is 4. The highest BCUT2D eigenvalue weighted by atomic mass is 32.1. The molecular formula is C21H23N3O2S. The van der Waals surface area contributed by atoms with Crippen molar-refractivity contribution in [3.05, 3.63) is 52.1 Å². The van der Waals surface area contributed by atoms with Gasteiger partial charge in [-0.05, 0) is 50.6 Å². The van der Waals surface area contributed by atoms with Gasteiger partial charge in [-0.25, -0.2) is 4.68 Å². The zero-order valence-corrected chi connectivity index (χ0v) is 16.4. The largest absolute Gasteiger partial charge is 0.336 e. The maximum Gasteiger partial charge on any atom is 0.275 e. The number of fused-ring (bicyclic) bond motifs is 1. The lowest BCUT2D eigenvalue weighted by atomic mass is 9.97. The molecule has 27 heavy (non-hydrogen) atoms. The minimum Gasteiger partial charge on any atom is -0.336 e. The summed E-state index contributed by atoms with van der Waals surface area (Å²) in [7, 11) is 0. The first-order valence-electron chi connectivity index (χ1n) is 9.41. The van der Waals surface area contributed by atoms with E-state index in [0.717, 1.165) is 35.2 Å². The van der Waals surface area contributed by atoms with Gasteiger partial charge in [-0.1, -0.05) is 24.3 Å². The SMILES string of the molecule is C[C@@H]1CCC[C@H](C)N1C(=O)Cn1nc(-c2cccs2)c2ccccc2c1=O. The first kappa shape index (κ1) is 17.9. The van der Waals surface area contributed by atoms with Crippen molar-refractivity contribution in [1.29, 1.82) is 0 Å². The smallest absolute Gasteiger partial charge is 0.275 e. The van der Waals surface area contributed by atoms with E-state index in [1.54, 1.807) is 11.3 Å². The predicted octanol–water partition coefficient (Wildman–Crippen LogP) is 3.91. The molecule has 2 aromatic heterocycles. The molecule has 0 unspecified atom stereocenters. The predicted molar refractivity (Wildman–Crippen MR) is 109 cm³/mol. The number of benzene rings is 1. The second-order valence-corrected chi connectivity index (χ2v) is 8.21. The summed E-state index contributed by atoms with van der Waals surface area (Å²) in [5.41, 5.74) is 0.546. The van der Waals surface area contributed by atoms with E-state index >= 15 is 0 Å². The normalized spacial score (nSPS) is 20.1. The van der Waals surface area contributed by atoms with Gasteiger partial charge in [0.2, 0.25) is 5.91 Å². The maximum atomic E-state index is 13.0. The number of hydrogen-bond donors (Lipinski definition) is 0. The van der Waals surface area contributed by atoms with E-state index in [9.17, 15) is 9.59 Å². The van der Waals surface area contributed by atoms with Crippen LogP contribution in [0.3, 0.4) is 0 Å². The first-order chi connectivity index (χ1) is 13.1. The number of carbonyl (C=O) groups is 1. The molecule has 0 N–H and O–H groups in total. The van der Waals surface area contributed by atoms with Gasteiger partial charge in [-0.3, -0.25) is 9.59 Å². The van der Waals surface area contributed by atoms with Crippen LogP contribution in [0.15, 0.2) is 46.6 Å². The number of thiophene rings is 1. The second kappa shape index (κ2) is 7.27. The molecule has 3 aromatic rings. The third-order valence-corrected chi connectivity index (χ3v) is 6.27. The number of aromatic nitrogens is 2. The molecule has 0 radical (unpaired) electrons. The molecule has 2 atom stereocenters. The lowest BCUT2D eigenvalue weighted by molar-refractivity contribution is -0.138. The summed E-state index contributed by atoms with van der Waals surface area (Å²) < 4.78 is 1.34. The van der Waals surface area contributed by atoms with Gasteiger partial charge in [0.1, 0.15) is 12.2 Å². The van der Waals surface area contributed by atoms with Crippen molar-refractivity contribution in [3.63, 3.8) is 0 Å². The van der Waals surface area contributed by atoms with Gasteiger partial charge in [0, 0.05) is 17.5 Å². The van der Waals surface area contributed by atoms with Crippen molar-refractivity contribution in [3.8, 4) is 10.6 Å². The van der Waals surface area contributed by atoms with Crippen molar-refractivity contribution in [2.75, 3.05) is 0 Å². The molecule has 6 heteroatoms.